The van der Waals surface area contributed by atoms with Gasteiger partial charge in [-0.3, -0.25) is 9.69 Å². The zero-order valence-corrected chi connectivity index (χ0v) is 12.4. The minimum Gasteiger partial charge on any atom is -0.379 e. The van der Waals surface area contributed by atoms with Gasteiger partial charge in [0.25, 0.3) is 0 Å². The number of rotatable bonds is 5. The summed E-state index contributed by atoms with van der Waals surface area (Å²) in [6.45, 7) is 5.25. The van der Waals surface area contributed by atoms with Crippen molar-refractivity contribution in [1.29, 1.82) is 0 Å². The third kappa shape index (κ3) is 3.59. The third-order valence-electron chi connectivity index (χ3n) is 3.55. The average molecular weight is 279 g/mol. The van der Waals surface area contributed by atoms with Gasteiger partial charge in [-0.1, -0.05) is 19.1 Å². The highest BCUT2D eigenvalue weighted by atomic mass is 32.2. The summed E-state index contributed by atoms with van der Waals surface area (Å²) in [7, 11) is 0. The molecule has 2 rings (SSSR count). The van der Waals surface area contributed by atoms with Crippen LogP contribution in [0.5, 0.6) is 0 Å². The topological polar surface area (TPSA) is 29.5 Å². The molecule has 1 aliphatic rings. The van der Waals surface area contributed by atoms with Crippen molar-refractivity contribution in [3.8, 4) is 0 Å². The van der Waals surface area contributed by atoms with Gasteiger partial charge in [0.15, 0.2) is 5.78 Å². The van der Waals surface area contributed by atoms with Crippen molar-refractivity contribution in [3.05, 3.63) is 29.8 Å². The molecule has 3 nitrogen and oxygen atoms in total. The minimum atomic E-state index is -0.0102. The quantitative estimate of drug-likeness (QED) is 0.612. The molecule has 104 valence electrons. The standard InChI is InChI=1S/C15H21NO2S/c1-3-14(16-8-10-18-11-9-16)15(17)12-4-6-13(19-2)7-5-12/h4-7,14H,3,8-11H2,1-2H3. The second kappa shape index (κ2) is 7.08. The molecule has 0 saturated carbocycles. The van der Waals surface area contributed by atoms with Gasteiger partial charge in [-0.15, -0.1) is 11.8 Å². The Bertz CT molecular complexity index is 413. The van der Waals surface area contributed by atoms with Crippen LogP contribution in [0.3, 0.4) is 0 Å². The zero-order chi connectivity index (χ0) is 13.7. The van der Waals surface area contributed by atoms with Gasteiger partial charge in [-0.05, 0) is 24.8 Å². The maximum atomic E-state index is 12.6. The predicted octanol–water partition coefficient (Wildman–Crippen LogP) is 2.70. The van der Waals surface area contributed by atoms with E-state index in [0.29, 0.717) is 0 Å². The molecule has 1 atom stereocenters. The molecular weight excluding hydrogens is 258 g/mol. The van der Waals surface area contributed by atoms with E-state index >= 15 is 0 Å². The van der Waals surface area contributed by atoms with E-state index in [0.717, 1.165) is 38.3 Å². The number of carbonyl (C=O) groups excluding carboxylic acids is 1. The van der Waals surface area contributed by atoms with Gasteiger partial charge in [-0.2, -0.15) is 0 Å². The molecule has 1 unspecified atom stereocenters. The Hall–Kier alpha value is -0.840. The lowest BCUT2D eigenvalue weighted by Gasteiger charge is -2.33. The van der Waals surface area contributed by atoms with Gasteiger partial charge in [0.2, 0.25) is 0 Å². The van der Waals surface area contributed by atoms with Crippen LogP contribution < -0.4 is 0 Å². The lowest BCUT2D eigenvalue weighted by Crippen LogP contribution is -2.47. The van der Waals surface area contributed by atoms with Gasteiger partial charge in [0, 0.05) is 23.5 Å². The van der Waals surface area contributed by atoms with Gasteiger partial charge >= 0.3 is 0 Å². The predicted molar refractivity (Wildman–Crippen MR) is 79.0 cm³/mol. The number of Topliss-reactive ketones (excluding diaryl/α,β-unsaturated/α-hetero) is 1. The highest BCUT2D eigenvalue weighted by Crippen LogP contribution is 2.18. The first-order chi connectivity index (χ1) is 9.26. The first kappa shape index (κ1) is 14.6. The fourth-order valence-corrected chi connectivity index (χ4v) is 2.85. The third-order valence-corrected chi connectivity index (χ3v) is 4.29. The molecule has 1 saturated heterocycles. The summed E-state index contributed by atoms with van der Waals surface area (Å²) in [5.74, 6) is 0.233. The van der Waals surface area contributed by atoms with Crippen LogP contribution in [0.4, 0.5) is 0 Å². The number of ketones is 1. The van der Waals surface area contributed by atoms with Gasteiger partial charge < -0.3 is 4.74 Å². The van der Waals surface area contributed by atoms with Crippen LogP contribution in [0.15, 0.2) is 29.2 Å². The Morgan fingerprint density at radius 2 is 1.95 bits per heavy atom. The van der Waals surface area contributed by atoms with Crippen molar-refractivity contribution in [1.82, 2.24) is 4.90 Å². The largest absolute Gasteiger partial charge is 0.379 e. The van der Waals surface area contributed by atoms with Crippen LogP contribution >= 0.6 is 11.8 Å². The molecule has 1 aliphatic heterocycles. The molecule has 19 heavy (non-hydrogen) atoms. The smallest absolute Gasteiger partial charge is 0.179 e. The fraction of sp³-hybridized carbons (Fsp3) is 0.533. The number of thioether (sulfide) groups is 1. The van der Waals surface area contributed by atoms with E-state index in [9.17, 15) is 4.79 Å². The van der Waals surface area contributed by atoms with E-state index < -0.39 is 0 Å². The lowest BCUT2D eigenvalue weighted by molar-refractivity contribution is 0.0170. The van der Waals surface area contributed by atoms with Gasteiger partial charge in [0.1, 0.15) is 0 Å². The first-order valence-electron chi connectivity index (χ1n) is 6.76. The second-order valence-corrected chi connectivity index (χ2v) is 5.54. The van der Waals surface area contributed by atoms with Crippen LogP contribution in [0.1, 0.15) is 23.7 Å². The normalized spacial score (nSPS) is 18.2. The number of nitrogens with zero attached hydrogens (tertiary/aromatic N) is 1. The zero-order valence-electron chi connectivity index (χ0n) is 11.6. The Labute approximate surface area is 119 Å². The summed E-state index contributed by atoms with van der Waals surface area (Å²) < 4.78 is 5.35. The molecule has 1 aromatic rings. The minimum absolute atomic E-state index is 0.0102. The Morgan fingerprint density at radius 3 is 2.47 bits per heavy atom. The molecule has 0 amide bonds. The molecule has 1 fully saturated rings. The maximum Gasteiger partial charge on any atom is 0.179 e. The summed E-state index contributed by atoms with van der Waals surface area (Å²) in [6.07, 6.45) is 2.89. The molecule has 0 bridgehead atoms. The molecular formula is C15H21NO2S. The second-order valence-electron chi connectivity index (χ2n) is 4.67. The maximum absolute atomic E-state index is 12.6. The number of morpholine rings is 1. The first-order valence-corrected chi connectivity index (χ1v) is 7.98. The Balaban J connectivity index is 2.10. The summed E-state index contributed by atoms with van der Waals surface area (Å²) in [5.41, 5.74) is 0.816. The van der Waals surface area contributed by atoms with E-state index in [-0.39, 0.29) is 11.8 Å². The number of hydrogen-bond acceptors (Lipinski definition) is 4. The summed E-state index contributed by atoms with van der Waals surface area (Å²) in [4.78, 5) is 16.0. The van der Waals surface area contributed by atoms with Crippen molar-refractivity contribution < 1.29 is 9.53 Å². The molecule has 0 spiro atoms. The van der Waals surface area contributed by atoms with Crippen LogP contribution in [0.2, 0.25) is 0 Å². The van der Waals surface area contributed by atoms with Crippen molar-refractivity contribution in [2.45, 2.75) is 24.3 Å². The monoisotopic (exact) mass is 279 g/mol. The highest BCUT2D eigenvalue weighted by molar-refractivity contribution is 7.98. The SMILES string of the molecule is CCC(C(=O)c1ccc(SC)cc1)N1CCOCC1. The van der Waals surface area contributed by atoms with E-state index in [1.807, 2.05) is 30.5 Å². The molecule has 1 heterocycles. The van der Waals surface area contributed by atoms with E-state index in [2.05, 4.69) is 11.8 Å². The Morgan fingerprint density at radius 1 is 1.32 bits per heavy atom. The Kier molecular flexibility index (Phi) is 5.43. The number of carbonyl (C=O) groups is 1. The van der Waals surface area contributed by atoms with Crippen LogP contribution in [0.25, 0.3) is 0 Å². The fourth-order valence-electron chi connectivity index (χ4n) is 2.45. The lowest BCUT2D eigenvalue weighted by atomic mass is 10.0. The van der Waals surface area contributed by atoms with E-state index in [4.69, 9.17) is 4.74 Å². The number of ether oxygens (including phenoxy) is 1. The van der Waals surface area contributed by atoms with Crippen molar-refractivity contribution in [2.75, 3.05) is 32.6 Å². The molecule has 0 radical (unpaired) electrons. The molecule has 4 heteroatoms. The van der Waals surface area contributed by atoms with Crippen LogP contribution in [-0.4, -0.2) is 49.3 Å². The average Bonchev–Trinajstić information content (AvgIpc) is 2.49. The van der Waals surface area contributed by atoms with Gasteiger partial charge in [0.05, 0.1) is 19.3 Å². The number of benzene rings is 1. The van der Waals surface area contributed by atoms with E-state index in [1.54, 1.807) is 11.8 Å². The van der Waals surface area contributed by atoms with Crippen molar-refractivity contribution in [3.63, 3.8) is 0 Å². The number of hydrogen-bond donors (Lipinski definition) is 0. The van der Waals surface area contributed by atoms with Gasteiger partial charge in [-0.25, -0.2) is 0 Å². The van der Waals surface area contributed by atoms with Crippen molar-refractivity contribution in [2.24, 2.45) is 0 Å². The van der Waals surface area contributed by atoms with Crippen LogP contribution in [-0.2, 0) is 4.74 Å². The van der Waals surface area contributed by atoms with Crippen molar-refractivity contribution >= 4 is 17.5 Å². The van der Waals surface area contributed by atoms with Crippen LogP contribution in [0, 0.1) is 0 Å². The molecule has 0 aliphatic carbocycles. The summed E-state index contributed by atoms with van der Waals surface area (Å²) in [6, 6.07) is 7.91. The van der Waals surface area contributed by atoms with E-state index in [1.165, 1.54) is 4.90 Å². The molecule has 0 aromatic heterocycles. The summed E-state index contributed by atoms with van der Waals surface area (Å²) in [5, 5.41) is 0. The summed E-state index contributed by atoms with van der Waals surface area (Å²) >= 11 is 1.69. The molecule has 1 aromatic carbocycles. The molecule has 0 N–H and O–H groups in total. The highest BCUT2D eigenvalue weighted by Gasteiger charge is 2.26.